The zero-order valence-corrected chi connectivity index (χ0v) is 16.9. The third kappa shape index (κ3) is 5.41. The van der Waals surface area contributed by atoms with Crippen molar-refractivity contribution in [3.05, 3.63) is 106 Å². The van der Waals surface area contributed by atoms with E-state index in [4.69, 9.17) is 0 Å². The number of carbonyl (C=O) groups is 2. The number of carbonyl (C=O) groups excluding carboxylic acids is 2. The van der Waals surface area contributed by atoms with Gasteiger partial charge < -0.3 is 10.6 Å². The fourth-order valence-corrected chi connectivity index (χ4v) is 2.77. The maximum atomic E-state index is 12.8. The number of halogens is 1. The van der Waals surface area contributed by atoms with Gasteiger partial charge in [0.15, 0.2) is 0 Å². The van der Waals surface area contributed by atoms with Crippen molar-refractivity contribution >= 4 is 39.5 Å². The highest BCUT2D eigenvalue weighted by Crippen LogP contribution is 2.14. The Morgan fingerprint density at radius 2 is 1.50 bits per heavy atom. The van der Waals surface area contributed by atoms with Crippen LogP contribution in [-0.2, 0) is 4.79 Å². The second kappa shape index (κ2) is 9.15. The molecule has 0 heterocycles. The van der Waals surface area contributed by atoms with Gasteiger partial charge in [0.2, 0.25) is 0 Å². The van der Waals surface area contributed by atoms with Crippen LogP contribution in [0.5, 0.6) is 0 Å². The molecule has 0 aliphatic rings. The second-order valence-corrected chi connectivity index (χ2v) is 7.17. The van der Waals surface area contributed by atoms with E-state index < -0.39 is 5.91 Å². The van der Waals surface area contributed by atoms with Gasteiger partial charge in [-0.1, -0.05) is 64.0 Å². The Morgan fingerprint density at radius 1 is 0.857 bits per heavy atom. The van der Waals surface area contributed by atoms with Gasteiger partial charge in [0.05, 0.1) is 0 Å². The molecule has 4 nitrogen and oxygen atoms in total. The van der Waals surface area contributed by atoms with E-state index in [9.17, 15) is 9.59 Å². The van der Waals surface area contributed by atoms with Crippen LogP contribution in [0.1, 0.15) is 21.5 Å². The maximum Gasteiger partial charge on any atom is 0.272 e. The van der Waals surface area contributed by atoms with Crippen LogP contribution in [-0.4, -0.2) is 11.8 Å². The van der Waals surface area contributed by atoms with Gasteiger partial charge >= 0.3 is 0 Å². The van der Waals surface area contributed by atoms with Gasteiger partial charge in [0.1, 0.15) is 5.70 Å². The average molecular weight is 435 g/mol. The smallest absolute Gasteiger partial charge is 0.272 e. The highest BCUT2D eigenvalue weighted by molar-refractivity contribution is 9.10. The van der Waals surface area contributed by atoms with E-state index in [0.717, 1.165) is 15.6 Å². The molecule has 0 saturated heterocycles. The Labute approximate surface area is 172 Å². The zero-order valence-electron chi connectivity index (χ0n) is 15.3. The van der Waals surface area contributed by atoms with E-state index in [2.05, 4.69) is 26.6 Å². The minimum atomic E-state index is -0.391. The number of nitrogens with one attached hydrogen (secondary N) is 2. The molecule has 2 N–H and O–H groups in total. The number of aryl methyl sites for hydroxylation is 1. The topological polar surface area (TPSA) is 58.2 Å². The van der Waals surface area contributed by atoms with Gasteiger partial charge in [-0.15, -0.1) is 0 Å². The standard InChI is InChI=1S/C23H19BrN2O2/c1-16-7-13-20(14-8-16)25-23(28)21(15-17-5-3-2-4-6-17)26-22(27)18-9-11-19(24)12-10-18/h2-15H,1H3,(H,25,28)(H,26,27). The van der Waals surface area contributed by atoms with E-state index in [1.54, 1.807) is 30.3 Å². The van der Waals surface area contributed by atoms with Gasteiger partial charge in [-0.3, -0.25) is 9.59 Å². The molecule has 0 fully saturated rings. The molecule has 140 valence electrons. The molecule has 0 aliphatic heterocycles. The Bertz CT molecular complexity index is 995. The number of hydrogen-bond donors (Lipinski definition) is 2. The van der Waals surface area contributed by atoms with Crippen LogP contribution in [0, 0.1) is 6.92 Å². The predicted octanol–water partition coefficient (Wildman–Crippen LogP) is 5.17. The molecule has 0 bridgehead atoms. The van der Waals surface area contributed by atoms with Crippen LogP contribution in [0.15, 0.2) is 89.0 Å². The summed E-state index contributed by atoms with van der Waals surface area (Å²) in [5, 5.41) is 5.55. The summed E-state index contributed by atoms with van der Waals surface area (Å²) in [6.45, 7) is 1.98. The van der Waals surface area contributed by atoms with Crippen molar-refractivity contribution in [1.82, 2.24) is 5.32 Å². The highest BCUT2D eigenvalue weighted by atomic mass is 79.9. The first-order chi connectivity index (χ1) is 13.5. The second-order valence-electron chi connectivity index (χ2n) is 6.25. The molecule has 2 amide bonds. The summed E-state index contributed by atoms with van der Waals surface area (Å²) in [5.74, 6) is -0.744. The highest BCUT2D eigenvalue weighted by Gasteiger charge is 2.15. The van der Waals surface area contributed by atoms with Crippen LogP contribution in [0.3, 0.4) is 0 Å². The molecule has 0 spiro atoms. The molecule has 0 aliphatic carbocycles. The lowest BCUT2D eigenvalue weighted by atomic mass is 10.1. The largest absolute Gasteiger partial charge is 0.321 e. The Hall–Kier alpha value is -3.18. The lowest BCUT2D eigenvalue weighted by Crippen LogP contribution is -2.30. The van der Waals surface area contributed by atoms with Crippen molar-refractivity contribution in [2.45, 2.75) is 6.92 Å². The number of benzene rings is 3. The molecule has 5 heteroatoms. The monoisotopic (exact) mass is 434 g/mol. The van der Waals surface area contributed by atoms with Gasteiger partial charge in [-0.25, -0.2) is 0 Å². The molecular formula is C23H19BrN2O2. The SMILES string of the molecule is Cc1ccc(NC(=O)C(=Cc2ccccc2)NC(=O)c2ccc(Br)cc2)cc1. The van der Waals surface area contributed by atoms with Crippen molar-refractivity contribution < 1.29 is 9.59 Å². The fourth-order valence-electron chi connectivity index (χ4n) is 2.51. The zero-order chi connectivity index (χ0) is 19.9. The lowest BCUT2D eigenvalue weighted by Gasteiger charge is -2.12. The van der Waals surface area contributed by atoms with Gasteiger partial charge in [-0.05, 0) is 55.0 Å². The van der Waals surface area contributed by atoms with Gasteiger partial charge in [0.25, 0.3) is 11.8 Å². The van der Waals surface area contributed by atoms with Gasteiger partial charge in [-0.2, -0.15) is 0 Å². The van der Waals surface area contributed by atoms with E-state index in [1.807, 2.05) is 61.5 Å². The van der Waals surface area contributed by atoms with E-state index in [-0.39, 0.29) is 11.6 Å². The van der Waals surface area contributed by atoms with Crippen molar-refractivity contribution in [3.8, 4) is 0 Å². The Balaban J connectivity index is 1.85. The van der Waals surface area contributed by atoms with Crippen LogP contribution < -0.4 is 10.6 Å². The van der Waals surface area contributed by atoms with Crippen molar-refractivity contribution in [3.63, 3.8) is 0 Å². The Kier molecular flexibility index (Phi) is 6.40. The molecular weight excluding hydrogens is 416 g/mol. The first-order valence-corrected chi connectivity index (χ1v) is 9.52. The van der Waals surface area contributed by atoms with E-state index >= 15 is 0 Å². The van der Waals surface area contributed by atoms with Gasteiger partial charge in [0, 0.05) is 15.7 Å². The molecule has 0 radical (unpaired) electrons. The number of rotatable bonds is 5. The minimum Gasteiger partial charge on any atom is -0.321 e. The van der Waals surface area contributed by atoms with Crippen molar-refractivity contribution in [2.75, 3.05) is 5.32 Å². The molecule has 28 heavy (non-hydrogen) atoms. The third-order valence-corrected chi connectivity index (χ3v) is 4.55. The average Bonchev–Trinajstić information content (AvgIpc) is 2.70. The number of amides is 2. The summed E-state index contributed by atoms with van der Waals surface area (Å²) in [5.41, 5.74) is 3.20. The van der Waals surface area contributed by atoms with Crippen molar-refractivity contribution in [1.29, 1.82) is 0 Å². The first-order valence-electron chi connectivity index (χ1n) is 8.73. The van der Waals surface area contributed by atoms with Crippen LogP contribution in [0.25, 0.3) is 6.08 Å². The predicted molar refractivity (Wildman–Crippen MR) is 116 cm³/mol. The summed E-state index contributed by atoms with van der Waals surface area (Å²) >= 11 is 3.35. The molecule has 3 rings (SSSR count). The molecule has 3 aromatic rings. The quantitative estimate of drug-likeness (QED) is 0.544. The summed E-state index contributed by atoms with van der Waals surface area (Å²) in [6.07, 6.45) is 1.65. The summed E-state index contributed by atoms with van der Waals surface area (Å²) in [6, 6.07) is 23.8. The van der Waals surface area contributed by atoms with Crippen molar-refractivity contribution in [2.24, 2.45) is 0 Å². The molecule has 0 atom stereocenters. The molecule has 0 unspecified atom stereocenters. The fraction of sp³-hybridized carbons (Fsp3) is 0.0435. The first kappa shape index (κ1) is 19.6. The normalized spacial score (nSPS) is 11.0. The number of anilines is 1. The van der Waals surface area contributed by atoms with E-state index in [0.29, 0.717) is 11.3 Å². The van der Waals surface area contributed by atoms with Crippen LogP contribution in [0.2, 0.25) is 0 Å². The summed E-state index contributed by atoms with van der Waals surface area (Å²) < 4.78 is 0.876. The molecule has 0 aromatic heterocycles. The maximum absolute atomic E-state index is 12.8. The van der Waals surface area contributed by atoms with E-state index in [1.165, 1.54) is 0 Å². The van der Waals surface area contributed by atoms with Crippen LogP contribution >= 0.6 is 15.9 Å². The Morgan fingerprint density at radius 3 is 2.14 bits per heavy atom. The molecule has 3 aromatic carbocycles. The third-order valence-electron chi connectivity index (χ3n) is 4.02. The summed E-state index contributed by atoms with van der Waals surface area (Å²) in [4.78, 5) is 25.4. The lowest BCUT2D eigenvalue weighted by molar-refractivity contribution is -0.113. The summed E-state index contributed by atoms with van der Waals surface area (Å²) in [7, 11) is 0. The minimum absolute atomic E-state index is 0.166. The van der Waals surface area contributed by atoms with Crippen LogP contribution in [0.4, 0.5) is 5.69 Å². The molecule has 0 saturated carbocycles. The number of hydrogen-bond acceptors (Lipinski definition) is 2.